The standard InChI is InChI=1S/C18H17N5OS/c1-22-8-7-12-14(9-22)25-18-15(12)17-20-16(21-23(17)10-19-18)11-5-3-4-6-13(11)24-2/h3-6,10H,7-9H2,1-2H3/p+1. The van der Waals surface area contributed by atoms with Crippen molar-refractivity contribution < 1.29 is 9.64 Å². The zero-order valence-electron chi connectivity index (χ0n) is 14.1. The number of hydrogen-bond acceptors (Lipinski definition) is 5. The Kier molecular flexibility index (Phi) is 3.26. The number of hydrogen-bond donors (Lipinski definition) is 1. The lowest BCUT2D eigenvalue weighted by atomic mass is 10.1. The number of para-hydroxylation sites is 1. The molecular weight excluding hydrogens is 334 g/mol. The number of nitrogens with zero attached hydrogens (tertiary/aromatic N) is 4. The normalized spacial score (nSPS) is 17.1. The van der Waals surface area contributed by atoms with Crippen LogP contribution in [0, 0.1) is 0 Å². The molecular formula is C18H18N5OS+. The van der Waals surface area contributed by atoms with E-state index < -0.39 is 0 Å². The lowest BCUT2D eigenvalue weighted by Gasteiger charge is -2.19. The molecule has 1 aromatic carbocycles. The third-order valence-electron chi connectivity index (χ3n) is 4.82. The second-order valence-electron chi connectivity index (χ2n) is 6.47. The highest BCUT2D eigenvalue weighted by atomic mass is 32.1. The average Bonchev–Trinajstić information content (AvgIpc) is 3.21. The van der Waals surface area contributed by atoms with Gasteiger partial charge in [-0.3, -0.25) is 0 Å². The minimum atomic E-state index is 0.672. The lowest BCUT2D eigenvalue weighted by Crippen LogP contribution is -3.08. The van der Waals surface area contributed by atoms with Crippen molar-refractivity contribution in [3.05, 3.63) is 41.0 Å². The number of thiophene rings is 1. The molecule has 5 rings (SSSR count). The van der Waals surface area contributed by atoms with Crippen molar-refractivity contribution in [3.63, 3.8) is 0 Å². The molecule has 0 spiro atoms. The Morgan fingerprint density at radius 3 is 3.04 bits per heavy atom. The molecule has 7 heteroatoms. The average molecular weight is 352 g/mol. The molecule has 4 aromatic rings. The van der Waals surface area contributed by atoms with Gasteiger partial charge in [0.15, 0.2) is 11.5 Å². The van der Waals surface area contributed by atoms with E-state index in [-0.39, 0.29) is 0 Å². The van der Waals surface area contributed by atoms with Crippen molar-refractivity contribution in [1.29, 1.82) is 0 Å². The van der Waals surface area contributed by atoms with Gasteiger partial charge in [-0.15, -0.1) is 16.4 Å². The number of benzene rings is 1. The Balaban J connectivity index is 1.76. The van der Waals surface area contributed by atoms with Gasteiger partial charge in [0.25, 0.3) is 0 Å². The summed E-state index contributed by atoms with van der Waals surface area (Å²) in [5.74, 6) is 1.45. The zero-order valence-corrected chi connectivity index (χ0v) is 14.9. The molecule has 3 aromatic heterocycles. The van der Waals surface area contributed by atoms with E-state index in [0.29, 0.717) is 5.82 Å². The number of rotatable bonds is 2. The van der Waals surface area contributed by atoms with Crippen LogP contribution in [0.3, 0.4) is 0 Å². The first kappa shape index (κ1) is 14.8. The first-order valence-corrected chi connectivity index (χ1v) is 9.16. The zero-order chi connectivity index (χ0) is 17.0. The molecule has 0 saturated heterocycles. The predicted molar refractivity (Wildman–Crippen MR) is 97.3 cm³/mol. The Bertz CT molecular complexity index is 1100. The number of methoxy groups -OCH3 is 1. The fourth-order valence-corrected chi connectivity index (χ4v) is 4.85. The van der Waals surface area contributed by atoms with E-state index in [9.17, 15) is 0 Å². The number of likely N-dealkylation sites (N-methyl/N-ethyl adjacent to an activating group) is 1. The van der Waals surface area contributed by atoms with Crippen molar-refractivity contribution >= 4 is 27.2 Å². The SMILES string of the molecule is COc1ccccc1-c1nc2c3c4c(sc3ncn2n1)C[NH+](C)CC4. The number of aromatic nitrogens is 4. The molecule has 126 valence electrons. The molecule has 1 atom stereocenters. The highest BCUT2D eigenvalue weighted by Gasteiger charge is 2.25. The Morgan fingerprint density at radius 2 is 2.16 bits per heavy atom. The molecule has 25 heavy (non-hydrogen) atoms. The minimum absolute atomic E-state index is 0.672. The molecule has 6 nitrogen and oxygen atoms in total. The third kappa shape index (κ3) is 2.23. The van der Waals surface area contributed by atoms with E-state index in [0.717, 1.165) is 41.3 Å². The quantitative estimate of drug-likeness (QED) is 0.595. The van der Waals surface area contributed by atoms with Crippen LogP contribution in [0.5, 0.6) is 5.75 Å². The summed E-state index contributed by atoms with van der Waals surface area (Å²) in [6, 6.07) is 7.84. The topological polar surface area (TPSA) is 56.8 Å². The maximum atomic E-state index is 5.46. The molecule has 0 saturated carbocycles. The van der Waals surface area contributed by atoms with Crippen LogP contribution in [0.2, 0.25) is 0 Å². The first-order valence-electron chi connectivity index (χ1n) is 8.35. The van der Waals surface area contributed by atoms with E-state index >= 15 is 0 Å². The van der Waals surface area contributed by atoms with Crippen molar-refractivity contribution in [1.82, 2.24) is 19.6 Å². The summed E-state index contributed by atoms with van der Waals surface area (Å²) in [5, 5.41) is 5.82. The molecule has 1 unspecified atom stereocenters. The van der Waals surface area contributed by atoms with Gasteiger partial charge in [-0.1, -0.05) is 12.1 Å². The van der Waals surface area contributed by atoms with Gasteiger partial charge in [-0.05, 0) is 17.7 Å². The van der Waals surface area contributed by atoms with E-state index in [4.69, 9.17) is 9.72 Å². The summed E-state index contributed by atoms with van der Waals surface area (Å²) >= 11 is 1.79. The third-order valence-corrected chi connectivity index (χ3v) is 5.96. The summed E-state index contributed by atoms with van der Waals surface area (Å²) < 4.78 is 7.26. The summed E-state index contributed by atoms with van der Waals surface area (Å²) in [6.45, 7) is 2.21. The second kappa shape index (κ2) is 5.50. The number of nitrogens with one attached hydrogen (secondary N) is 1. The molecule has 1 aliphatic heterocycles. The lowest BCUT2D eigenvalue weighted by molar-refractivity contribution is -0.895. The van der Waals surface area contributed by atoms with Crippen LogP contribution in [-0.4, -0.2) is 40.3 Å². The van der Waals surface area contributed by atoms with E-state index in [1.54, 1.807) is 34.2 Å². The largest absolute Gasteiger partial charge is 0.496 e. The van der Waals surface area contributed by atoms with Crippen molar-refractivity contribution in [3.8, 4) is 17.1 Å². The van der Waals surface area contributed by atoms with Gasteiger partial charge in [0.2, 0.25) is 0 Å². The minimum Gasteiger partial charge on any atom is -0.496 e. The van der Waals surface area contributed by atoms with Crippen molar-refractivity contribution in [2.45, 2.75) is 13.0 Å². The molecule has 1 aliphatic rings. The first-order chi connectivity index (χ1) is 12.2. The molecule has 4 heterocycles. The van der Waals surface area contributed by atoms with Crippen LogP contribution >= 0.6 is 11.3 Å². The maximum Gasteiger partial charge on any atom is 0.185 e. The fourth-order valence-electron chi connectivity index (χ4n) is 3.55. The highest BCUT2D eigenvalue weighted by Crippen LogP contribution is 2.34. The van der Waals surface area contributed by atoms with Gasteiger partial charge >= 0.3 is 0 Å². The van der Waals surface area contributed by atoms with Gasteiger partial charge in [-0.25, -0.2) is 14.5 Å². The van der Waals surface area contributed by atoms with E-state index in [1.807, 2.05) is 24.3 Å². The second-order valence-corrected chi connectivity index (χ2v) is 7.55. The van der Waals surface area contributed by atoms with Crippen LogP contribution in [-0.2, 0) is 13.0 Å². The van der Waals surface area contributed by atoms with Crippen molar-refractivity contribution in [2.75, 3.05) is 20.7 Å². The molecule has 0 fully saturated rings. The molecule has 0 radical (unpaired) electrons. The Hall–Kier alpha value is -2.51. The van der Waals surface area contributed by atoms with Gasteiger partial charge < -0.3 is 9.64 Å². The fraction of sp³-hybridized carbons (Fsp3) is 0.278. The smallest absolute Gasteiger partial charge is 0.185 e. The van der Waals surface area contributed by atoms with Crippen molar-refractivity contribution in [2.24, 2.45) is 0 Å². The van der Waals surface area contributed by atoms with Gasteiger partial charge in [0.05, 0.1) is 36.5 Å². The molecule has 1 N–H and O–H groups in total. The predicted octanol–water partition coefficient (Wildman–Crippen LogP) is 1.59. The Morgan fingerprint density at radius 1 is 1.28 bits per heavy atom. The van der Waals surface area contributed by atoms with Crippen LogP contribution < -0.4 is 9.64 Å². The van der Waals surface area contributed by atoms with Crippen LogP contribution in [0.15, 0.2) is 30.6 Å². The number of ether oxygens (including phenoxy) is 1. The maximum absolute atomic E-state index is 5.46. The Labute approximate surface area is 148 Å². The monoisotopic (exact) mass is 352 g/mol. The van der Waals surface area contributed by atoms with E-state index in [1.165, 1.54) is 15.8 Å². The highest BCUT2D eigenvalue weighted by molar-refractivity contribution is 7.19. The van der Waals surface area contributed by atoms with Gasteiger partial charge in [-0.2, -0.15) is 0 Å². The van der Waals surface area contributed by atoms with Gasteiger partial charge in [0, 0.05) is 6.42 Å². The summed E-state index contributed by atoms with van der Waals surface area (Å²) in [7, 11) is 3.91. The number of fused-ring (bicyclic) bond motifs is 5. The summed E-state index contributed by atoms with van der Waals surface area (Å²) in [6.07, 6.45) is 2.83. The van der Waals surface area contributed by atoms with Crippen LogP contribution in [0.4, 0.5) is 0 Å². The van der Waals surface area contributed by atoms with Gasteiger partial charge in [0.1, 0.15) is 23.5 Å². The summed E-state index contributed by atoms with van der Waals surface area (Å²) in [4.78, 5) is 13.5. The molecule has 0 amide bonds. The molecule has 0 aliphatic carbocycles. The summed E-state index contributed by atoms with van der Waals surface area (Å²) in [5.41, 5.74) is 3.20. The van der Waals surface area contributed by atoms with E-state index in [2.05, 4.69) is 17.1 Å². The molecule has 0 bridgehead atoms. The van der Waals surface area contributed by atoms with Crippen LogP contribution in [0.1, 0.15) is 10.4 Å². The number of quaternary nitrogens is 1. The van der Waals surface area contributed by atoms with Crippen LogP contribution in [0.25, 0.3) is 27.3 Å².